The Morgan fingerprint density at radius 3 is 3.00 bits per heavy atom. The van der Waals surface area contributed by atoms with E-state index in [0.29, 0.717) is 0 Å². The molecule has 1 aliphatic rings. The fraction of sp³-hybridized carbons (Fsp3) is 0.727. The van der Waals surface area contributed by atoms with Gasteiger partial charge in [0.2, 0.25) is 0 Å². The average molecular weight is 196 g/mol. The Kier molecular flexibility index (Phi) is 4.48. The van der Waals surface area contributed by atoms with Crippen molar-refractivity contribution in [2.24, 2.45) is 11.8 Å². The smallest absolute Gasteiger partial charge is 0.308 e. The number of esters is 1. The molecule has 0 aliphatic heterocycles. The third-order valence-electron chi connectivity index (χ3n) is 2.59. The Hall–Kier alpha value is -1.01. The number of hydrogen-bond acceptors (Lipinski definition) is 3. The first-order valence-electron chi connectivity index (χ1n) is 4.95. The standard InChI is InChI=1S/C11H16O3/c1-14-11(13)10-6-2-4-9(8-10)5-3-7-12/h9-10,12H,2,4,6-8H2,1H3. The summed E-state index contributed by atoms with van der Waals surface area (Å²) in [7, 11) is 1.42. The number of aliphatic hydroxyl groups is 1. The van der Waals surface area contributed by atoms with E-state index in [9.17, 15) is 4.79 Å². The van der Waals surface area contributed by atoms with Gasteiger partial charge in [0, 0.05) is 5.92 Å². The van der Waals surface area contributed by atoms with Crippen molar-refractivity contribution < 1.29 is 14.6 Å². The third kappa shape index (κ3) is 3.04. The number of carbonyl (C=O) groups is 1. The summed E-state index contributed by atoms with van der Waals surface area (Å²) >= 11 is 0. The van der Waals surface area contributed by atoms with Crippen LogP contribution in [0.5, 0.6) is 0 Å². The largest absolute Gasteiger partial charge is 0.469 e. The van der Waals surface area contributed by atoms with Gasteiger partial charge >= 0.3 is 5.97 Å². The SMILES string of the molecule is COC(=O)C1CCCC(C#CCO)C1. The zero-order valence-electron chi connectivity index (χ0n) is 8.45. The first-order chi connectivity index (χ1) is 6.77. The van der Waals surface area contributed by atoms with E-state index in [0.717, 1.165) is 25.7 Å². The number of hydrogen-bond donors (Lipinski definition) is 1. The summed E-state index contributed by atoms with van der Waals surface area (Å²) in [6.07, 6.45) is 3.73. The predicted octanol–water partition coefficient (Wildman–Crippen LogP) is 0.961. The van der Waals surface area contributed by atoms with Gasteiger partial charge in [-0.2, -0.15) is 0 Å². The van der Waals surface area contributed by atoms with E-state index in [1.807, 2.05) is 0 Å². The number of aliphatic hydroxyl groups excluding tert-OH is 1. The molecule has 1 rings (SSSR count). The molecule has 0 aromatic carbocycles. The molecule has 0 radical (unpaired) electrons. The second kappa shape index (κ2) is 5.66. The van der Waals surface area contributed by atoms with Gasteiger partial charge in [0.25, 0.3) is 0 Å². The average Bonchev–Trinajstić information content (AvgIpc) is 2.25. The minimum atomic E-state index is -0.125. The maximum absolute atomic E-state index is 11.3. The van der Waals surface area contributed by atoms with Crippen LogP contribution in [0, 0.1) is 23.7 Å². The highest BCUT2D eigenvalue weighted by Crippen LogP contribution is 2.29. The van der Waals surface area contributed by atoms with Crippen LogP contribution < -0.4 is 0 Å². The highest BCUT2D eigenvalue weighted by atomic mass is 16.5. The van der Waals surface area contributed by atoms with Crippen molar-refractivity contribution in [1.29, 1.82) is 0 Å². The van der Waals surface area contributed by atoms with E-state index < -0.39 is 0 Å². The normalized spacial score (nSPS) is 26.1. The van der Waals surface area contributed by atoms with E-state index in [1.54, 1.807) is 0 Å². The van der Waals surface area contributed by atoms with E-state index in [1.165, 1.54) is 7.11 Å². The lowest BCUT2D eigenvalue weighted by Gasteiger charge is -2.23. The van der Waals surface area contributed by atoms with Crippen molar-refractivity contribution in [3.8, 4) is 11.8 Å². The lowest BCUT2D eigenvalue weighted by atomic mass is 9.82. The third-order valence-corrected chi connectivity index (χ3v) is 2.59. The molecule has 0 aromatic rings. The van der Waals surface area contributed by atoms with E-state index >= 15 is 0 Å². The molecule has 0 heterocycles. The van der Waals surface area contributed by atoms with Gasteiger partial charge in [-0.15, -0.1) is 0 Å². The molecule has 1 aliphatic carbocycles. The number of methoxy groups -OCH3 is 1. The summed E-state index contributed by atoms with van der Waals surface area (Å²) < 4.78 is 4.71. The highest BCUT2D eigenvalue weighted by Gasteiger charge is 2.26. The second-order valence-corrected chi connectivity index (χ2v) is 3.56. The van der Waals surface area contributed by atoms with Crippen LogP contribution in [-0.2, 0) is 9.53 Å². The minimum Gasteiger partial charge on any atom is -0.469 e. The lowest BCUT2D eigenvalue weighted by molar-refractivity contribution is -0.146. The maximum atomic E-state index is 11.3. The second-order valence-electron chi connectivity index (χ2n) is 3.56. The summed E-state index contributed by atoms with van der Waals surface area (Å²) in [6, 6.07) is 0. The van der Waals surface area contributed by atoms with Gasteiger partial charge in [0.15, 0.2) is 0 Å². The summed E-state index contributed by atoms with van der Waals surface area (Å²) in [5.41, 5.74) is 0. The molecule has 3 heteroatoms. The molecule has 1 saturated carbocycles. The maximum Gasteiger partial charge on any atom is 0.308 e. The summed E-state index contributed by atoms with van der Waals surface area (Å²) in [5.74, 6) is 5.75. The van der Waals surface area contributed by atoms with Crippen molar-refractivity contribution in [1.82, 2.24) is 0 Å². The van der Waals surface area contributed by atoms with Crippen LogP contribution in [0.1, 0.15) is 25.7 Å². The van der Waals surface area contributed by atoms with Crippen LogP contribution in [-0.4, -0.2) is 24.8 Å². The fourth-order valence-corrected chi connectivity index (χ4v) is 1.89. The zero-order valence-corrected chi connectivity index (χ0v) is 8.45. The van der Waals surface area contributed by atoms with Crippen molar-refractivity contribution >= 4 is 5.97 Å². The lowest BCUT2D eigenvalue weighted by Crippen LogP contribution is -2.23. The Morgan fingerprint density at radius 2 is 2.36 bits per heavy atom. The van der Waals surface area contributed by atoms with Crippen LogP contribution in [0.15, 0.2) is 0 Å². The van der Waals surface area contributed by atoms with Gasteiger partial charge in [0.1, 0.15) is 6.61 Å². The first kappa shape index (κ1) is 11.1. The fourth-order valence-electron chi connectivity index (χ4n) is 1.89. The Labute approximate surface area is 84.5 Å². The summed E-state index contributed by atoms with van der Waals surface area (Å²) in [5, 5.41) is 8.55. The van der Waals surface area contributed by atoms with Crippen molar-refractivity contribution in [2.75, 3.05) is 13.7 Å². The van der Waals surface area contributed by atoms with Gasteiger partial charge in [-0.3, -0.25) is 4.79 Å². The molecule has 0 amide bonds. The zero-order chi connectivity index (χ0) is 10.4. The van der Waals surface area contributed by atoms with Crippen LogP contribution in [0.25, 0.3) is 0 Å². The van der Waals surface area contributed by atoms with Gasteiger partial charge in [-0.25, -0.2) is 0 Å². The highest BCUT2D eigenvalue weighted by molar-refractivity contribution is 5.72. The summed E-state index contributed by atoms with van der Waals surface area (Å²) in [4.78, 5) is 11.3. The Morgan fingerprint density at radius 1 is 1.57 bits per heavy atom. The predicted molar refractivity (Wildman–Crippen MR) is 52.3 cm³/mol. The molecule has 2 unspecified atom stereocenters. The molecule has 1 fully saturated rings. The van der Waals surface area contributed by atoms with Crippen LogP contribution in [0.2, 0.25) is 0 Å². The number of carbonyl (C=O) groups excluding carboxylic acids is 1. The monoisotopic (exact) mass is 196 g/mol. The summed E-state index contributed by atoms with van der Waals surface area (Å²) in [6.45, 7) is -0.0978. The van der Waals surface area contributed by atoms with E-state index in [4.69, 9.17) is 9.84 Å². The van der Waals surface area contributed by atoms with Gasteiger partial charge in [0.05, 0.1) is 13.0 Å². The Bertz CT molecular complexity index is 249. The molecule has 14 heavy (non-hydrogen) atoms. The van der Waals surface area contributed by atoms with E-state index in [-0.39, 0.29) is 24.4 Å². The van der Waals surface area contributed by atoms with Crippen molar-refractivity contribution in [3.63, 3.8) is 0 Å². The van der Waals surface area contributed by atoms with Crippen LogP contribution in [0.3, 0.4) is 0 Å². The Balaban J connectivity index is 2.47. The van der Waals surface area contributed by atoms with Gasteiger partial charge < -0.3 is 9.84 Å². The molecule has 1 N–H and O–H groups in total. The van der Waals surface area contributed by atoms with Gasteiger partial charge in [-0.05, 0) is 19.3 Å². The molecule has 0 saturated heterocycles. The topological polar surface area (TPSA) is 46.5 Å². The number of ether oxygens (including phenoxy) is 1. The quantitative estimate of drug-likeness (QED) is 0.502. The van der Waals surface area contributed by atoms with Crippen LogP contribution in [0.4, 0.5) is 0 Å². The molecule has 2 atom stereocenters. The molecular formula is C11H16O3. The molecule has 78 valence electrons. The van der Waals surface area contributed by atoms with Crippen molar-refractivity contribution in [2.45, 2.75) is 25.7 Å². The molecule has 0 spiro atoms. The molecule has 3 nitrogen and oxygen atoms in total. The molecule has 0 aromatic heterocycles. The molecule has 0 bridgehead atoms. The number of rotatable bonds is 1. The van der Waals surface area contributed by atoms with Crippen molar-refractivity contribution in [3.05, 3.63) is 0 Å². The molecular weight excluding hydrogens is 180 g/mol. The van der Waals surface area contributed by atoms with Crippen LogP contribution >= 0.6 is 0 Å². The van der Waals surface area contributed by atoms with E-state index in [2.05, 4.69) is 11.8 Å². The minimum absolute atomic E-state index is 0.00624. The first-order valence-corrected chi connectivity index (χ1v) is 4.95. The van der Waals surface area contributed by atoms with Gasteiger partial charge in [-0.1, -0.05) is 18.3 Å².